The highest BCUT2D eigenvalue weighted by atomic mass is 79.9. The van der Waals surface area contributed by atoms with Crippen LogP contribution in [0.4, 0.5) is 0 Å². The Morgan fingerprint density at radius 2 is 2.29 bits per heavy atom. The molecule has 14 heavy (non-hydrogen) atoms. The van der Waals surface area contributed by atoms with E-state index in [1.165, 1.54) is 13.2 Å². The van der Waals surface area contributed by atoms with Gasteiger partial charge in [-0.3, -0.25) is 10.1 Å². The van der Waals surface area contributed by atoms with Crippen LogP contribution in [0.25, 0.3) is 0 Å². The zero-order valence-corrected chi connectivity index (χ0v) is 9.49. The van der Waals surface area contributed by atoms with Gasteiger partial charge in [-0.1, -0.05) is 0 Å². The summed E-state index contributed by atoms with van der Waals surface area (Å²) >= 11 is 3.03. The molecule has 1 rings (SSSR count). The first kappa shape index (κ1) is 12.9. The Hall–Kier alpha value is -1.10. The van der Waals surface area contributed by atoms with E-state index >= 15 is 0 Å². The third kappa shape index (κ3) is 2.99. The maximum atomic E-state index is 10.5. The van der Waals surface area contributed by atoms with Gasteiger partial charge in [-0.15, -0.1) is 13.2 Å². The van der Waals surface area contributed by atoms with Gasteiger partial charge in [-0.05, 0) is 12.2 Å². The summed E-state index contributed by atoms with van der Waals surface area (Å²) < 4.78 is 3.75. The van der Waals surface area contributed by atoms with Crippen molar-refractivity contribution in [3.8, 4) is 0 Å². The number of hydrogen-bond donors (Lipinski definition) is 0. The minimum atomic E-state index is -1.14. The van der Waals surface area contributed by atoms with Crippen molar-refractivity contribution in [3.63, 3.8) is 0 Å². The molecule has 0 aromatic heterocycles. The van der Waals surface area contributed by atoms with Gasteiger partial charge >= 0.3 is 0 Å². The van der Waals surface area contributed by atoms with Gasteiger partial charge in [-0.2, -0.15) is 0 Å². The number of methoxy groups -OCH3 is 1. The van der Waals surface area contributed by atoms with Crippen LogP contribution in [0.5, 0.6) is 0 Å². The molecule has 0 heterocycles. The van der Waals surface area contributed by atoms with Crippen LogP contribution in [-0.2, 0) is 4.74 Å². The fourth-order valence-electron chi connectivity index (χ4n) is 0.876. The monoisotopic (exact) mass is 261 g/mol. The summed E-state index contributed by atoms with van der Waals surface area (Å²) in [6.45, 7) is 6.00. The Morgan fingerprint density at radius 1 is 1.71 bits per heavy atom. The van der Waals surface area contributed by atoms with Crippen LogP contribution in [-0.4, -0.2) is 16.5 Å². The van der Waals surface area contributed by atoms with E-state index in [-0.39, 0.29) is 4.92 Å². The predicted octanol–water partition coefficient (Wildman–Crippen LogP) is 2.65. The molecule has 78 valence electrons. The average molecular weight is 262 g/mol. The second kappa shape index (κ2) is 5.59. The SMILES string of the molecule is C=C.COC1=CCC(Br)([N+](=O)[O-])C=C1. The quantitative estimate of drug-likeness (QED) is 0.253. The van der Waals surface area contributed by atoms with Gasteiger partial charge in [0.05, 0.1) is 13.5 Å². The highest BCUT2D eigenvalue weighted by Crippen LogP contribution is 2.30. The van der Waals surface area contributed by atoms with Crippen LogP contribution >= 0.6 is 15.9 Å². The summed E-state index contributed by atoms with van der Waals surface area (Å²) in [4.78, 5) is 10.1. The van der Waals surface area contributed by atoms with E-state index in [1.807, 2.05) is 0 Å². The standard InChI is InChI=1S/C7H8BrNO3.C2H4/c1-12-6-2-4-7(8,5-3-6)9(10)11;1-2/h2-4H,5H2,1H3;1-2H2. The normalized spacial score (nSPS) is 24.3. The van der Waals surface area contributed by atoms with E-state index in [4.69, 9.17) is 4.74 Å². The van der Waals surface area contributed by atoms with Gasteiger partial charge in [0, 0.05) is 26.9 Å². The summed E-state index contributed by atoms with van der Waals surface area (Å²) in [6, 6.07) is 0. The molecule has 1 aliphatic carbocycles. The van der Waals surface area contributed by atoms with Crippen LogP contribution in [0.15, 0.2) is 37.1 Å². The number of halogens is 1. The van der Waals surface area contributed by atoms with Crippen molar-refractivity contribution in [1.29, 1.82) is 0 Å². The number of nitro groups is 1. The molecule has 0 amide bonds. The maximum Gasteiger partial charge on any atom is 0.296 e. The average Bonchev–Trinajstić information content (AvgIpc) is 2.22. The van der Waals surface area contributed by atoms with Crippen molar-refractivity contribution in [2.75, 3.05) is 7.11 Å². The summed E-state index contributed by atoms with van der Waals surface area (Å²) in [5, 5.41) is 10.5. The second-order valence-corrected chi connectivity index (χ2v) is 3.80. The van der Waals surface area contributed by atoms with E-state index in [1.54, 1.807) is 12.2 Å². The second-order valence-electron chi connectivity index (χ2n) is 2.42. The van der Waals surface area contributed by atoms with Crippen molar-refractivity contribution in [1.82, 2.24) is 0 Å². The lowest BCUT2D eigenvalue weighted by Gasteiger charge is -2.16. The highest BCUT2D eigenvalue weighted by molar-refractivity contribution is 9.10. The van der Waals surface area contributed by atoms with Gasteiger partial charge in [0.15, 0.2) is 0 Å². The number of allylic oxidation sites excluding steroid dienone is 1. The number of ether oxygens (including phenoxy) is 1. The molecule has 5 heteroatoms. The zero-order chi connectivity index (χ0) is 11.2. The molecule has 1 aliphatic rings. The first-order valence-corrected chi connectivity index (χ1v) is 4.64. The molecule has 1 atom stereocenters. The van der Waals surface area contributed by atoms with E-state index < -0.39 is 4.45 Å². The maximum absolute atomic E-state index is 10.5. The zero-order valence-electron chi connectivity index (χ0n) is 7.90. The van der Waals surface area contributed by atoms with Gasteiger partial charge in [0.2, 0.25) is 0 Å². The molecule has 4 nitrogen and oxygen atoms in total. The van der Waals surface area contributed by atoms with Crippen molar-refractivity contribution in [3.05, 3.63) is 47.3 Å². The lowest BCUT2D eigenvalue weighted by atomic mass is 10.1. The number of hydrogen-bond acceptors (Lipinski definition) is 3. The lowest BCUT2D eigenvalue weighted by Crippen LogP contribution is -2.29. The largest absolute Gasteiger partial charge is 0.497 e. The van der Waals surface area contributed by atoms with E-state index in [2.05, 4.69) is 29.1 Å². The van der Waals surface area contributed by atoms with Crippen LogP contribution in [0.3, 0.4) is 0 Å². The third-order valence-electron chi connectivity index (χ3n) is 1.63. The Morgan fingerprint density at radius 3 is 2.57 bits per heavy atom. The molecule has 0 N–H and O–H groups in total. The number of nitrogens with zero attached hydrogens (tertiary/aromatic N) is 1. The molecule has 0 aromatic rings. The molecule has 0 saturated carbocycles. The van der Waals surface area contributed by atoms with Crippen LogP contribution in [0, 0.1) is 10.1 Å². The minimum Gasteiger partial charge on any atom is -0.497 e. The highest BCUT2D eigenvalue weighted by Gasteiger charge is 2.37. The molecule has 0 bridgehead atoms. The Labute approximate surface area is 91.2 Å². The predicted molar refractivity (Wildman–Crippen MR) is 58.8 cm³/mol. The van der Waals surface area contributed by atoms with Gasteiger partial charge in [0.25, 0.3) is 4.45 Å². The topological polar surface area (TPSA) is 52.4 Å². The van der Waals surface area contributed by atoms with Crippen molar-refractivity contribution in [2.45, 2.75) is 10.9 Å². The summed E-state index contributed by atoms with van der Waals surface area (Å²) in [5.74, 6) is 0.659. The summed E-state index contributed by atoms with van der Waals surface area (Å²) in [7, 11) is 1.53. The Kier molecular flexibility index (Phi) is 5.15. The minimum absolute atomic E-state index is 0.305. The van der Waals surface area contributed by atoms with E-state index in [0.717, 1.165) is 0 Å². The number of alkyl halides is 1. The molecule has 1 unspecified atom stereocenters. The van der Waals surface area contributed by atoms with E-state index in [0.29, 0.717) is 12.2 Å². The number of rotatable bonds is 2. The van der Waals surface area contributed by atoms with Crippen molar-refractivity contribution < 1.29 is 9.66 Å². The molecule has 0 aromatic carbocycles. The summed E-state index contributed by atoms with van der Waals surface area (Å²) in [6.07, 6.45) is 5.05. The fourth-order valence-corrected chi connectivity index (χ4v) is 1.17. The van der Waals surface area contributed by atoms with Crippen LogP contribution in [0.1, 0.15) is 6.42 Å². The van der Waals surface area contributed by atoms with Gasteiger partial charge in [-0.25, -0.2) is 0 Å². The fraction of sp³-hybridized carbons (Fsp3) is 0.333. The molecular weight excluding hydrogens is 250 g/mol. The third-order valence-corrected chi connectivity index (χ3v) is 2.51. The Balaban J connectivity index is 0.000000791. The molecule has 0 spiro atoms. The van der Waals surface area contributed by atoms with Crippen LogP contribution in [0.2, 0.25) is 0 Å². The van der Waals surface area contributed by atoms with Crippen molar-refractivity contribution >= 4 is 15.9 Å². The van der Waals surface area contributed by atoms with Gasteiger partial charge in [0.1, 0.15) is 5.76 Å². The molecule has 0 aliphatic heterocycles. The Bertz CT molecular complexity index is 275. The lowest BCUT2D eigenvalue weighted by molar-refractivity contribution is -0.521. The van der Waals surface area contributed by atoms with Crippen LogP contribution < -0.4 is 0 Å². The first-order chi connectivity index (χ1) is 6.58. The van der Waals surface area contributed by atoms with E-state index in [9.17, 15) is 10.1 Å². The van der Waals surface area contributed by atoms with Gasteiger partial charge < -0.3 is 4.74 Å². The molecule has 0 radical (unpaired) electrons. The molecular formula is C9H12BrNO3. The molecule has 0 saturated heterocycles. The van der Waals surface area contributed by atoms with Crippen molar-refractivity contribution in [2.24, 2.45) is 0 Å². The molecule has 0 fully saturated rings. The smallest absolute Gasteiger partial charge is 0.296 e. The first-order valence-electron chi connectivity index (χ1n) is 3.85. The summed E-state index contributed by atoms with van der Waals surface area (Å²) in [5.41, 5.74) is 0.